The van der Waals surface area contributed by atoms with Crippen LogP contribution in [0.4, 0.5) is 19.3 Å². The van der Waals surface area contributed by atoms with E-state index in [1.807, 2.05) is 19.1 Å². The minimum atomic E-state index is -0.851. The molecule has 2 aliphatic heterocycles. The SMILES string of the molecule is CC1=CC2=CC=N[N+]2(C(=O)Nc2c(F)cccc2F)C=C1c1cccnc1. The number of pyridine rings is 1. The average Bonchev–Trinajstić information content (AvgIpc) is 3.08. The van der Waals surface area contributed by atoms with E-state index in [2.05, 4.69) is 15.4 Å². The lowest BCUT2D eigenvalue weighted by Gasteiger charge is -2.28. The van der Waals surface area contributed by atoms with E-state index >= 15 is 0 Å². The van der Waals surface area contributed by atoms with Gasteiger partial charge in [0.2, 0.25) is 0 Å². The van der Waals surface area contributed by atoms with E-state index in [-0.39, 0.29) is 0 Å². The summed E-state index contributed by atoms with van der Waals surface area (Å²) in [6, 6.07) is 6.38. The Morgan fingerprint density at radius 2 is 1.93 bits per heavy atom. The molecular weight excluding hydrogens is 350 g/mol. The molecular formula is C20H15F2N4O+. The van der Waals surface area contributed by atoms with Crippen molar-refractivity contribution in [1.82, 2.24) is 4.98 Å². The molecule has 0 saturated carbocycles. The average molecular weight is 365 g/mol. The third-order valence-corrected chi connectivity index (χ3v) is 4.47. The third-order valence-electron chi connectivity index (χ3n) is 4.47. The first kappa shape index (κ1) is 17.0. The Kier molecular flexibility index (Phi) is 4.01. The minimum absolute atomic E-state index is 0.501. The van der Waals surface area contributed by atoms with Gasteiger partial charge in [-0.1, -0.05) is 21.8 Å². The van der Waals surface area contributed by atoms with Gasteiger partial charge in [0.25, 0.3) is 0 Å². The molecule has 2 amide bonds. The normalized spacial score (nSPS) is 20.5. The number of hydrogen-bond donors (Lipinski definition) is 1. The molecule has 0 radical (unpaired) electrons. The first-order chi connectivity index (χ1) is 13.0. The molecule has 1 unspecified atom stereocenters. The zero-order valence-electron chi connectivity index (χ0n) is 14.4. The second-order valence-corrected chi connectivity index (χ2v) is 6.18. The molecule has 2 aliphatic rings. The number of hydrogen-bond acceptors (Lipinski definition) is 3. The van der Waals surface area contributed by atoms with Crippen LogP contribution < -0.4 is 5.32 Å². The van der Waals surface area contributed by atoms with Crippen LogP contribution in [0, 0.1) is 11.6 Å². The van der Waals surface area contributed by atoms with Crippen molar-refractivity contribution in [1.29, 1.82) is 0 Å². The van der Waals surface area contributed by atoms with Crippen LogP contribution in [-0.2, 0) is 0 Å². The van der Waals surface area contributed by atoms with Crippen LogP contribution in [0.3, 0.4) is 0 Å². The highest BCUT2D eigenvalue weighted by molar-refractivity contribution is 5.91. The highest BCUT2D eigenvalue weighted by atomic mass is 19.1. The number of nitrogens with one attached hydrogen (secondary N) is 1. The Morgan fingerprint density at radius 3 is 2.63 bits per heavy atom. The van der Waals surface area contributed by atoms with Crippen molar-refractivity contribution in [2.24, 2.45) is 5.10 Å². The van der Waals surface area contributed by atoms with Crippen molar-refractivity contribution in [3.8, 4) is 0 Å². The number of amides is 2. The van der Waals surface area contributed by atoms with Crippen molar-refractivity contribution < 1.29 is 18.2 Å². The van der Waals surface area contributed by atoms with Crippen LogP contribution in [0.5, 0.6) is 0 Å². The zero-order valence-corrected chi connectivity index (χ0v) is 14.4. The quantitative estimate of drug-likeness (QED) is 0.791. The fourth-order valence-corrected chi connectivity index (χ4v) is 3.10. The van der Waals surface area contributed by atoms with E-state index in [9.17, 15) is 13.6 Å². The summed E-state index contributed by atoms with van der Waals surface area (Å²) >= 11 is 0. The van der Waals surface area contributed by atoms with Gasteiger partial charge in [-0.05, 0) is 30.7 Å². The number of nitrogens with zero attached hydrogens (tertiary/aromatic N) is 3. The number of allylic oxidation sites excluding steroid dienone is 4. The van der Waals surface area contributed by atoms with Crippen LogP contribution in [0.15, 0.2) is 77.4 Å². The molecule has 0 fully saturated rings. The van der Waals surface area contributed by atoms with Crippen molar-refractivity contribution in [2.45, 2.75) is 6.92 Å². The summed E-state index contributed by atoms with van der Waals surface area (Å²) < 4.78 is 27.4. The second-order valence-electron chi connectivity index (χ2n) is 6.18. The number of quaternary nitrogens is 1. The summed E-state index contributed by atoms with van der Waals surface area (Å²) in [7, 11) is 0. The Labute approximate surface area is 154 Å². The van der Waals surface area contributed by atoms with E-state index < -0.39 is 27.9 Å². The highest BCUT2D eigenvalue weighted by Gasteiger charge is 2.46. The number of urea groups is 1. The van der Waals surface area contributed by atoms with Gasteiger partial charge < -0.3 is 0 Å². The molecule has 0 bridgehead atoms. The Hall–Kier alpha value is -3.45. The molecule has 1 aromatic heterocycles. The Bertz CT molecular complexity index is 1040. The summed E-state index contributed by atoms with van der Waals surface area (Å²) in [5, 5.41) is 6.61. The van der Waals surface area contributed by atoms with Gasteiger partial charge in [0, 0.05) is 35.7 Å². The minimum Gasteiger partial charge on any atom is -0.267 e. The van der Waals surface area contributed by atoms with E-state index in [0.717, 1.165) is 28.8 Å². The first-order valence-electron chi connectivity index (χ1n) is 8.24. The van der Waals surface area contributed by atoms with Gasteiger partial charge in [-0.25, -0.2) is 13.6 Å². The van der Waals surface area contributed by atoms with E-state index in [1.165, 1.54) is 12.3 Å². The fourth-order valence-electron chi connectivity index (χ4n) is 3.10. The topological polar surface area (TPSA) is 54.4 Å². The lowest BCUT2D eigenvalue weighted by Crippen LogP contribution is -2.45. The van der Waals surface area contributed by atoms with Crippen LogP contribution in [-0.4, -0.2) is 21.8 Å². The smallest absolute Gasteiger partial charge is 0.267 e. The van der Waals surface area contributed by atoms with Gasteiger partial charge in [0.1, 0.15) is 23.5 Å². The van der Waals surface area contributed by atoms with Crippen LogP contribution >= 0.6 is 0 Å². The van der Waals surface area contributed by atoms with Gasteiger partial charge >= 0.3 is 6.03 Å². The highest BCUT2D eigenvalue weighted by Crippen LogP contribution is 2.38. The number of para-hydroxylation sites is 1. The number of carbonyl (C=O) groups is 1. The summed E-state index contributed by atoms with van der Waals surface area (Å²) in [6.45, 7) is 1.92. The zero-order chi connectivity index (χ0) is 19.0. The lowest BCUT2D eigenvalue weighted by atomic mass is 9.97. The second kappa shape index (κ2) is 6.37. The molecule has 4 rings (SSSR count). The Morgan fingerprint density at radius 1 is 1.15 bits per heavy atom. The molecule has 0 spiro atoms. The standard InChI is InChI=1S/C20H14F2N4O/c1-13-10-15-7-9-24-26(15,12-16(13)14-4-3-8-23-11-14)20(27)25-19-17(21)5-2-6-18(19)22/h2-12H,1H3/p+1. The van der Waals surface area contributed by atoms with E-state index in [1.54, 1.807) is 30.7 Å². The molecule has 0 saturated heterocycles. The molecule has 134 valence electrons. The fraction of sp³-hybridized carbons (Fsp3) is 0.0500. The molecule has 27 heavy (non-hydrogen) atoms. The van der Waals surface area contributed by atoms with Crippen LogP contribution in [0.2, 0.25) is 0 Å². The predicted octanol–water partition coefficient (Wildman–Crippen LogP) is 4.59. The largest absolute Gasteiger partial charge is 0.457 e. The van der Waals surface area contributed by atoms with Crippen LogP contribution in [0.25, 0.3) is 5.57 Å². The molecule has 5 nitrogen and oxygen atoms in total. The van der Waals surface area contributed by atoms with E-state index in [0.29, 0.717) is 5.70 Å². The van der Waals surface area contributed by atoms with Crippen LogP contribution in [0.1, 0.15) is 12.5 Å². The third kappa shape index (κ3) is 2.78. The molecule has 2 aromatic rings. The van der Waals surface area contributed by atoms with Gasteiger partial charge in [0.15, 0.2) is 5.70 Å². The summed E-state index contributed by atoms with van der Waals surface area (Å²) in [4.78, 5) is 17.2. The van der Waals surface area contributed by atoms with Crippen molar-refractivity contribution in [3.63, 3.8) is 0 Å². The molecule has 0 aliphatic carbocycles. The summed E-state index contributed by atoms with van der Waals surface area (Å²) in [5.74, 6) is -1.70. The Balaban J connectivity index is 1.78. The number of anilines is 1. The molecule has 1 atom stereocenters. The van der Waals surface area contributed by atoms with Gasteiger partial charge in [0.05, 0.1) is 6.21 Å². The van der Waals surface area contributed by atoms with Gasteiger partial charge in [-0.15, -0.1) is 0 Å². The number of halogens is 2. The summed E-state index contributed by atoms with van der Waals surface area (Å²) in [6.07, 6.45) is 10.0. The van der Waals surface area contributed by atoms with Gasteiger partial charge in [-0.3, -0.25) is 10.3 Å². The first-order valence-corrected chi connectivity index (χ1v) is 8.24. The maximum absolute atomic E-state index is 14.0. The molecule has 3 heterocycles. The molecule has 7 heteroatoms. The lowest BCUT2D eigenvalue weighted by molar-refractivity contribution is -0.754. The molecule has 1 N–H and O–H groups in total. The number of aromatic nitrogens is 1. The predicted molar refractivity (Wildman–Crippen MR) is 98.2 cm³/mol. The van der Waals surface area contributed by atoms with Gasteiger partial charge in [-0.2, -0.15) is 0 Å². The maximum Gasteiger partial charge on any atom is 0.457 e. The van der Waals surface area contributed by atoms with Crippen molar-refractivity contribution >= 4 is 23.5 Å². The van der Waals surface area contributed by atoms with E-state index in [4.69, 9.17) is 0 Å². The number of rotatable bonds is 2. The number of carbonyl (C=O) groups excluding carboxylic acids is 1. The maximum atomic E-state index is 14.0. The number of benzene rings is 1. The van der Waals surface area contributed by atoms with Crippen molar-refractivity contribution in [2.75, 3.05) is 5.32 Å². The summed E-state index contributed by atoms with van der Waals surface area (Å²) in [5.41, 5.74) is 2.59. The monoisotopic (exact) mass is 365 g/mol. The molecule has 1 aromatic carbocycles. The number of fused-ring (bicyclic) bond motifs is 1. The van der Waals surface area contributed by atoms with Crippen molar-refractivity contribution in [3.05, 3.63) is 89.5 Å².